The van der Waals surface area contributed by atoms with Crippen LogP contribution < -0.4 is 10.6 Å². The van der Waals surface area contributed by atoms with E-state index in [1.54, 1.807) is 6.26 Å². The number of ether oxygens (including phenoxy) is 1. The van der Waals surface area contributed by atoms with Crippen LogP contribution in [0.3, 0.4) is 0 Å². The number of nitrogens with zero attached hydrogens (tertiary/aromatic N) is 3. The van der Waals surface area contributed by atoms with Crippen molar-refractivity contribution in [3.05, 3.63) is 24.2 Å². The first-order chi connectivity index (χ1) is 14.8. The highest BCUT2D eigenvalue weighted by Gasteiger charge is 2.20. The van der Waals surface area contributed by atoms with Crippen LogP contribution in [0, 0.1) is 0 Å². The average molecular weight is 420 g/mol. The molecule has 2 aliphatic heterocycles. The molecule has 3 heterocycles. The third-order valence-corrected chi connectivity index (χ3v) is 6.16. The van der Waals surface area contributed by atoms with Crippen LogP contribution in [0.1, 0.15) is 44.8 Å². The lowest BCUT2D eigenvalue weighted by atomic mass is 10.0. The molecule has 0 saturated carbocycles. The van der Waals surface area contributed by atoms with Gasteiger partial charge in [0.05, 0.1) is 19.5 Å². The second-order valence-electron chi connectivity index (χ2n) is 8.31. The van der Waals surface area contributed by atoms with Gasteiger partial charge in [-0.05, 0) is 44.4 Å². The van der Waals surface area contributed by atoms with Crippen molar-refractivity contribution in [2.24, 2.45) is 4.99 Å². The fraction of sp³-hybridized carbons (Fsp3) is 0.783. The van der Waals surface area contributed by atoms with Crippen LogP contribution in [0.25, 0.3) is 0 Å². The topological polar surface area (TPSA) is 65.3 Å². The standard InChI is InChI=1S/C23H41N5O2/c1-2-21-7-3-4-14-28(21)15-12-26-23(25-11-9-22-8-5-18-30-22)24-10-6-13-27-16-19-29-20-17-27/h5,8,18,21H,2-4,6-7,9-17,19-20H2,1H3,(H2,24,25,26). The van der Waals surface area contributed by atoms with E-state index in [0.29, 0.717) is 0 Å². The third kappa shape index (κ3) is 8.28. The summed E-state index contributed by atoms with van der Waals surface area (Å²) in [6.45, 7) is 12.1. The molecule has 0 aromatic carbocycles. The molecule has 0 aliphatic carbocycles. The first kappa shape index (κ1) is 23.1. The first-order valence-corrected chi connectivity index (χ1v) is 11.9. The zero-order valence-electron chi connectivity index (χ0n) is 18.8. The number of guanidine groups is 1. The predicted octanol–water partition coefficient (Wildman–Crippen LogP) is 2.34. The highest BCUT2D eigenvalue weighted by atomic mass is 16.5. The van der Waals surface area contributed by atoms with Crippen LogP contribution in [0.5, 0.6) is 0 Å². The Hall–Kier alpha value is -1.57. The summed E-state index contributed by atoms with van der Waals surface area (Å²) in [5.41, 5.74) is 0. The lowest BCUT2D eigenvalue weighted by Gasteiger charge is -2.35. The smallest absolute Gasteiger partial charge is 0.191 e. The molecule has 1 aromatic rings. The van der Waals surface area contributed by atoms with Crippen molar-refractivity contribution in [2.75, 3.05) is 65.6 Å². The second-order valence-corrected chi connectivity index (χ2v) is 8.31. The van der Waals surface area contributed by atoms with Crippen LogP contribution in [-0.4, -0.2) is 87.4 Å². The van der Waals surface area contributed by atoms with Gasteiger partial charge in [0.25, 0.3) is 0 Å². The van der Waals surface area contributed by atoms with Crippen LogP contribution in [-0.2, 0) is 11.2 Å². The largest absolute Gasteiger partial charge is 0.469 e. The number of likely N-dealkylation sites (tertiary alicyclic amines) is 1. The number of rotatable bonds is 11. The Morgan fingerprint density at radius 3 is 2.80 bits per heavy atom. The van der Waals surface area contributed by atoms with E-state index in [2.05, 4.69) is 27.4 Å². The van der Waals surface area contributed by atoms with Gasteiger partial charge in [-0.3, -0.25) is 14.8 Å². The maximum Gasteiger partial charge on any atom is 0.191 e. The quantitative estimate of drug-likeness (QED) is 0.326. The van der Waals surface area contributed by atoms with Gasteiger partial charge in [-0.2, -0.15) is 0 Å². The number of morpholine rings is 1. The van der Waals surface area contributed by atoms with Crippen molar-refractivity contribution in [3.8, 4) is 0 Å². The van der Waals surface area contributed by atoms with E-state index < -0.39 is 0 Å². The molecule has 30 heavy (non-hydrogen) atoms. The summed E-state index contributed by atoms with van der Waals surface area (Å²) in [4.78, 5) is 9.95. The number of hydrogen-bond acceptors (Lipinski definition) is 5. The van der Waals surface area contributed by atoms with Gasteiger partial charge in [0, 0.05) is 58.3 Å². The molecule has 7 heteroatoms. The first-order valence-electron chi connectivity index (χ1n) is 11.9. The SMILES string of the molecule is CCC1CCCCN1CCNC(=NCCCN1CCOCC1)NCCc1ccco1. The van der Waals surface area contributed by atoms with Gasteiger partial charge in [-0.1, -0.05) is 13.3 Å². The van der Waals surface area contributed by atoms with Crippen molar-refractivity contribution >= 4 is 5.96 Å². The van der Waals surface area contributed by atoms with E-state index in [4.69, 9.17) is 14.1 Å². The number of furan rings is 1. The summed E-state index contributed by atoms with van der Waals surface area (Å²) in [6.07, 6.45) is 8.99. The molecule has 1 aromatic heterocycles. The molecule has 2 N–H and O–H groups in total. The Bertz CT molecular complexity index is 586. The minimum absolute atomic E-state index is 0.751. The third-order valence-electron chi connectivity index (χ3n) is 6.16. The van der Waals surface area contributed by atoms with E-state index in [9.17, 15) is 0 Å². The normalized spacial score (nSPS) is 21.6. The minimum atomic E-state index is 0.751. The number of piperidine rings is 1. The summed E-state index contributed by atoms with van der Waals surface area (Å²) in [5, 5.41) is 7.05. The zero-order chi connectivity index (χ0) is 20.9. The van der Waals surface area contributed by atoms with Crippen LogP contribution in [0.2, 0.25) is 0 Å². The second kappa shape index (κ2) is 13.7. The lowest BCUT2D eigenvalue weighted by Crippen LogP contribution is -2.46. The average Bonchev–Trinajstić information content (AvgIpc) is 3.31. The fourth-order valence-corrected chi connectivity index (χ4v) is 4.38. The molecule has 7 nitrogen and oxygen atoms in total. The van der Waals surface area contributed by atoms with Crippen LogP contribution in [0.15, 0.2) is 27.8 Å². The Balaban J connectivity index is 1.41. The molecule has 3 rings (SSSR count). The molecular weight excluding hydrogens is 378 g/mol. The maximum atomic E-state index is 5.44. The predicted molar refractivity (Wildman–Crippen MR) is 122 cm³/mol. The minimum Gasteiger partial charge on any atom is -0.469 e. The molecule has 2 saturated heterocycles. The van der Waals surface area contributed by atoms with Gasteiger partial charge in [0.1, 0.15) is 5.76 Å². The van der Waals surface area contributed by atoms with E-state index in [1.807, 2.05) is 12.1 Å². The van der Waals surface area contributed by atoms with Gasteiger partial charge >= 0.3 is 0 Å². The summed E-state index contributed by atoms with van der Waals surface area (Å²) < 4.78 is 10.9. The fourth-order valence-electron chi connectivity index (χ4n) is 4.38. The van der Waals surface area contributed by atoms with Crippen molar-refractivity contribution in [3.63, 3.8) is 0 Å². The molecule has 1 atom stereocenters. The Kier molecular flexibility index (Phi) is 10.5. The van der Waals surface area contributed by atoms with E-state index in [0.717, 1.165) is 89.6 Å². The van der Waals surface area contributed by atoms with Crippen molar-refractivity contribution in [1.29, 1.82) is 0 Å². The summed E-state index contributed by atoms with van der Waals surface area (Å²) in [6, 6.07) is 4.72. The van der Waals surface area contributed by atoms with Crippen molar-refractivity contribution in [1.82, 2.24) is 20.4 Å². The Labute approximate surface area is 182 Å². The molecule has 2 fully saturated rings. The summed E-state index contributed by atoms with van der Waals surface area (Å²) >= 11 is 0. The summed E-state index contributed by atoms with van der Waals surface area (Å²) in [7, 11) is 0. The summed E-state index contributed by atoms with van der Waals surface area (Å²) in [5.74, 6) is 1.93. The van der Waals surface area contributed by atoms with E-state index in [-0.39, 0.29) is 0 Å². The number of nitrogens with one attached hydrogen (secondary N) is 2. The monoisotopic (exact) mass is 419 g/mol. The Morgan fingerprint density at radius 1 is 1.13 bits per heavy atom. The number of hydrogen-bond donors (Lipinski definition) is 2. The van der Waals surface area contributed by atoms with Crippen LogP contribution >= 0.6 is 0 Å². The lowest BCUT2D eigenvalue weighted by molar-refractivity contribution is 0.0377. The highest BCUT2D eigenvalue weighted by molar-refractivity contribution is 5.79. The highest BCUT2D eigenvalue weighted by Crippen LogP contribution is 2.18. The van der Waals surface area contributed by atoms with Crippen molar-refractivity contribution < 1.29 is 9.15 Å². The van der Waals surface area contributed by atoms with Crippen LogP contribution in [0.4, 0.5) is 0 Å². The van der Waals surface area contributed by atoms with Gasteiger partial charge in [-0.25, -0.2) is 0 Å². The molecule has 0 spiro atoms. The zero-order valence-corrected chi connectivity index (χ0v) is 18.8. The van der Waals surface area contributed by atoms with Gasteiger partial charge < -0.3 is 19.8 Å². The molecule has 0 bridgehead atoms. The van der Waals surface area contributed by atoms with Gasteiger partial charge in [0.15, 0.2) is 5.96 Å². The van der Waals surface area contributed by atoms with E-state index >= 15 is 0 Å². The molecule has 1 unspecified atom stereocenters. The molecular formula is C23H41N5O2. The van der Waals surface area contributed by atoms with Crippen molar-refractivity contribution in [2.45, 2.75) is 51.5 Å². The molecule has 2 aliphatic rings. The van der Waals surface area contributed by atoms with E-state index in [1.165, 1.54) is 32.2 Å². The molecule has 0 radical (unpaired) electrons. The maximum absolute atomic E-state index is 5.44. The van der Waals surface area contributed by atoms with Gasteiger partial charge in [0.2, 0.25) is 0 Å². The van der Waals surface area contributed by atoms with Gasteiger partial charge in [-0.15, -0.1) is 0 Å². The molecule has 0 amide bonds. The molecule has 170 valence electrons. The number of aliphatic imine (C=N–C) groups is 1. The Morgan fingerprint density at radius 2 is 2.00 bits per heavy atom.